The zero-order valence-corrected chi connectivity index (χ0v) is 18.4. The van der Waals surface area contributed by atoms with Crippen molar-refractivity contribution in [1.82, 2.24) is 15.5 Å². The quantitative estimate of drug-likeness (QED) is 0.147. The molecule has 0 aromatic heterocycles. The second kappa shape index (κ2) is 17.2. The summed E-state index contributed by atoms with van der Waals surface area (Å²) >= 11 is 0. The largest absolute Gasteiger partial charge is 0.395 e. The van der Waals surface area contributed by atoms with Gasteiger partial charge in [0.25, 0.3) is 11.8 Å². The highest BCUT2D eigenvalue weighted by atomic mass is 16.6. The fourth-order valence-corrected chi connectivity index (χ4v) is 2.52. The molecular formula is C20H33N3O9. The van der Waals surface area contributed by atoms with Gasteiger partial charge in [0.2, 0.25) is 11.8 Å². The van der Waals surface area contributed by atoms with Crippen LogP contribution in [0.3, 0.4) is 0 Å². The number of hydrogen-bond donors (Lipinski definition) is 3. The van der Waals surface area contributed by atoms with Crippen LogP contribution in [-0.2, 0) is 38.1 Å². The van der Waals surface area contributed by atoms with Crippen LogP contribution in [0.1, 0.15) is 13.3 Å². The molecule has 0 saturated carbocycles. The van der Waals surface area contributed by atoms with Crippen LogP contribution in [0.25, 0.3) is 0 Å². The number of aliphatic hydroxyl groups excluding tert-OH is 1. The van der Waals surface area contributed by atoms with Gasteiger partial charge in [-0.1, -0.05) is 0 Å². The molecule has 182 valence electrons. The Morgan fingerprint density at radius 2 is 1.34 bits per heavy atom. The maximum atomic E-state index is 12.0. The minimum absolute atomic E-state index is 0.0858. The maximum absolute atomic E-state index is 12.0. The molecule has 0 saturated heterocycles. The van der Waals surface area contributed by atoms with Crippen LogP contribution >= 0.6 is 0 Å². The summed E-state index contributed by atoms with van der Waals surface area (Å²) in [4.78, 5) is 47.2. The normalized spacial score (nSPS) is 14.1. The van der Waals surface area contributed by atoms with Gasteiger partial charge < -0.3 is 34.7 Å². The molecular weight excluding hydrogens is 426 g/mol. The Kier molecular flexibility index (Phi) is 14.9. The smallest absolute Gasteiger partial charge is 0.254 e. The maximum Gasteiger partial charge on any atom is 0.254 e. The highest BCUT2D eigenvalue weighted by Crippen LogP contribution is 2.08. The highest BCUT2D eigenvalue weighted by molar-refractivity contribution is 6.15. The average Bonchev–Trinajstić information content (AvgIpc) is 3.11. The van der Waals surface area contributed by atoms with E-state index in [4.69, 9.17) is 24.1 Å². The second-order valence-electron chi connectivity index (χ2n) is 6.62. The number of nitrogens with zero attached hydrogens (tertiary/aromatic N) is 1. The number of amides is 4. The molecule has 0 aromatic rings. The lowest BCUT2D eigenvalue weighted by atomic mass is 10.2. The number of hydrogen-bond acceptors (Lipinski definition) is 9. The summed E-state index contributed by atoms with van der Waals surface area (Å²) < 4.78 is 21.3. The van der Waals surface area contributed by atoms with Gasteiger partial charge in [-0.25, -0.2) is 0 Å². The van der Waals surface area contributed by atoms with Gasteiger partial charge in [-0.15, -0.1) is 0 Å². The molecule has 0 fully saturated rings. The van der Waals surface area contributed by atoms with E-state index in [9.17, 15) is 19.2 Å². The van der Waals surface area contributed by atoms with Crippen LogP contribution < -0.4 is 10.6 Å². The predicted octanol–water partition coefficient (Wildman–Crippen LogP) is -2.02. The summed E-state index contributed by atoms with van der Waals surface area (Å²) in [6.07, 6.45) is 2.51. The van der Waals surface area contributed by atoms with Crippen LogP contribution in [0, 0.1) is 0 Å². The van der Waals surface area contributed by atoms with Gasteiger partial charge in [-0.3, -0.25) is 24.1 Å². The number of carbonyl (C=O) groups excluding carboxylic acids is 4. The average molecular weight is 459 g/mol. The molecule has 12 heteroatoms. The first-order valence-electron chi connectivity index (χ1n) is 10.5. The first kappa shape index (κ1) is 27.7. The molecule has 0 aliphatic carbocycles. The summed E-state index contributed by atoms with van der Waals surface area (Å²) in [6.45, 7) is 4.73. The van der Waals surface area contributed by atoms with E-state index >= 15 is 0 Å². The lowest BCUT2D eigenvalue weighted by Crippen LogP contribution is -2.48. The molecule has 1 aliphatic rings. The Balaban J connectivity index is 1.84. The minimum Gasteiger partial charge on any atom is -0.395 e. The lowest BCUT2D eigenvalue weighted by Gasteiger charge is -2.21. The van der Waals surface area contributed by atoms with E-state index in [-0.39, 0.29) is 38.6 Å². The minimum atomic E-state index is -0.880. The topological polar surface area (TPSA) is 153 Å². The van der Waals surface area contributed by atoms with Gasteiger partial charge in [-0.05, 0) is 6.92 Å². The Morgan fingerprint density at radius 1 is 0.844 bits per heavy atom. The Morgan fingerprint density at radius 3 is 1.88 bits per heavy atom. The molecule has 0 unspecified atom stereocenters. The molecule has 0 spiro atoms. The standard InChI is InChI=1S/C20H33N3O9/c1-16(23-18(26)2-3-19(23)27)20(28)22-6-9-30-11-13-32-15-14-31-12-10-29-8-4-17(25)21-5-7-24/h2-3,16,24H,4-15H2,1H3,(H,21,25)(H,22,28)/t16-/m0/s1. The fraction of sp³-hybridized carbons (Fsp3) is 0.700. The molecule has 1 heterocycles. The molecule has 4 amide bonds. The summed E-state index contributed by atoms with van der Waals surface area (Å²) in [5.41, 5.74) is 0. The fourth-order valence-electron chi connectivity index (χ4n) is 2.52. The van der Waals surface area contributed by atoms with Gasteiger partial charge in [0, 0.05) is 31.7 Å². The zero-order valence-electron chi connectivity index (χ0n) is 18.4. The molecule has 1 aliphatic heterocycles. The predicted molar refractivity (Wildman–Crippen MR) is 111 cm³/mol. The van der Waals surface area contributed by atoms with Crippen molar-refractivity contribution in [3.63, 3.8) is 0 Å². The number of aliphatic hydroxyl groups is 1. The van der Waals surface area contributed by atoms with Gasteiger partial charge in [0.1, 0.15) is 6.04 Å². The number of ether oxygens (including phenoxy) is 4. The van der Waals surface area contributed by atoms with Gasteiger partial charge in [-0.2, -0.15) is 0 Å². The third-order valence-electron chi connectivity index (χ3n) is 4.18. The van der Waals surface area contributed by atoms with Crippen molar-refractivity contribution in [1.29, 1.82) is 0 Å². The summed E-state index contributed by atoms with van der Waals surface area (Å²) in [5.74, 6) is -1.59. The molecule has 1 atom stereocenters. The van der Waals surface area contributed by atoms with Crippen LogP contribution in [0.15, 0.2) is 12.2 Å². The van der Waals surface area contributed by atoms with Crippen LogP contribution in [0.5, 0.6) is 0 Å². The van der Waals surface area contributed by atoms with Crippen LogP contribution in [0.4, 0.5) is 0 Å². The summed E-state index contributed by atoms with van der Waals surface area (Å²) in [7, 11) is 0. The Bertz CT molecular complexity index is 609. The van der Waals surface area contributed by atoms with E-state index in [1.807, 2.05) is 0 Å². The van der Waals surface area contributed by atoms with Crippen molar-refractivity contribution in [2.24, 2.45) is 0 Å². The first-order valence-corrected chi connectivity index (χ1v) is 10.5. The Hall–Kier alpha value is -2.38. The van der Waals surface area contributed by atoms with E-state index in [2.05, 4.69) is 10.6 Å². The highest BCUT2D eigenvalue weighted by Gasteiger charge is 2.32. The summed E-state index contributed by atoms with van der Waals surface area (Å²) in [5, 5.41) is 13.7. The van der Waals surface area contributed by atoms with E-state index < -0.39 is 23.8 Å². The van der Waals surface area contributed by atoms with Gasteiger partial charge >= 0.3 is 0 Å². The second-order valence-corrected chi connectivity index (χ2v) is 6.62. The van der Waals surface area contributed by atoms with E-state index in [0.29, 0.717) is 46.2 Å². The zero-order chi connectivity index (χ0) is 23.6. The van der Waals surface area contributed by atoms with Gasteiger partial charge in [0.15, 0.2) is 0 Å². The molecule has 0 radical (unpaired) electrons. The van der Waals surface area contributed by atoms with Crippen LogP contribution in [-0.4, -0.2) is 112 Å². The molecule has 0 bridgehead atoms. The molecule has 0 aromatic carbocycles. The van der Waals surface area contributed by atoms with Crippen molar-refractivity contribution in [2.45, 2.75) is 19.4 Å². The lowest BCUT2D eigenvalue weighted by molar-refractivity contribution is -0.144. The van der Waals surface area contributed by atoms with Crippen molar-refractivity contribution in [2.75, 3.05) is 72.6 Å². The number of carbonyl (C=O) groups is 4. The van der Waals surface area contributed by atoms with E-state index in [1.54, 1.807) is 0 Å². The number of rotatable bonds is 19. The summed E-state index contributed by atoms with van der Waals surface area (Å²) in [6, 6.07) is -0.880. The van der Waals surface area contributed by atoms with Crippen molar-refractivity contribution in [3.8, 4) is 0 Å². The van der Waals surface area contributed by atoms with E-state index in [0.717, 1.165) is 17.1 Å². The third kappa shape index (κ3) is 11.9. The first-order chi connectivity index (χ1) is 15.5. The van der Waals surface area contributed by atoms with E-state index in [1.165, 1.54) is 6.92 Å². The monoisotopic (exact) mass is 459 g/mol. The number of imide groups is 1. The molecule has 32 heavy (non-hydrogen) atoms. The van der Waals surface area contributed by atoms with Crippen molar-refractivity contribution >= 4 is 23.6 Å². The van der Waals surface area contributed by atoms with Crippen molar-refractivity contribution in [3.05, 3.63) is 12.2 Å². The number of nitrogens with one attached hydrogen (secondary N) is 2. The molecule has 12 nitrogen and oxygen atoms in total. The molecule has 1 rings (SSSR count). The molecule has 3 N–H and O–H groups in total. The third-order valence-corrected chi connectivity index (χ3v) is 4.18. The Labute approximate surface area is 187 Å². The van der Waals surface area contributed by atoms with Gasteiger partial charge in [0.05, 0.1) is 59.5 Å². The van der Waals surface area contributed by atoms with Crippen LogP contribution in [0.2, 0.25) is 0 Å². The van der Waals surface area contributed by atoms with Crippen molar-refractivity contribution < 1.29 is 43.2 Å². The SMILES string of the molecule is C[C@@H](C(=O)NCCOCCOCCOCCOCCC(=O)NCCO)N1C(=O)C=CC1=O.